The number of carboxylic acids is 1. The van der Waals surface area contributed by atoms with Crippen molar-refractivity contribution in [1.82, 2.24) is 9.78 Å². The van der Waals surface area contributed by atoms with Crippen LogP contribution in [0.15, 0.2) is 60.4 Å². The van der Waals surface area contributed by atoms with E-state index in [9.17, 15) is 14.7 Å². The quantitative estimate of drug-likeness (QED) is 0.502. The number of allylic oxidation sites excluding steroid dienone is 1. The first-order chi connectivity index (χ1) is 15.9. The minimum atomic E-state index is -1.17. The molecule has 0 aliphatic carbocycles. The van der Waals surface area contributed by atoms with E-state index in [1.807, 2.05) is 0 Å². The van der Waals surface area contributed by atoms with E-state index >= 15 is 0 Å². The predicted molar refractivity (Wildman–Crippen MR) is 120 cm³/mol. The van der Waals surface area contributed by atoms with Gasteiger partial charge in [0.1, 0.15) is 40.4 Å². The molecule has 2 heterocycles. The van der Waals surface area contributed by atoms with E-state index < -0.39 is 17.9 Å². The number of aromatic nitrogens is 2. The molecule has 2 aromatic carbocycles. The number of hydrogen-bond acceptors (Lipinski definition) is 7. The molecular formula is C23H22N4O6. The molecule has 1 aromatic heterocycles. The molecule has 0 saturated heterocycles. The van der Waals surface area contributed by atoms with Crippen LogP contribution in [-0.2, 0) is 4.79 Å². The van der Waals surface area contributed by atoms with Crippen LogP contribution in [0.2, 0.25) is 0 Å². The molecule has 3 N–H and O–H groups in total. The van der Waals surface area contributed by atoms with Crippen LogP contribution in [-0.4, -0.2) is 48.1 Å². The largest absolute Gasteiger partial charge is 0.497 e. The lowest BCUT2D eigenvalue weighted by Crippen LogP contribution is -2.26. The lowest BCUT2D eigenvalue weighted by molar-refractivity contribution is -0.132. The van der Waals surface area contributed by atoms with Crippen LogP contribution in [0.5, 0.6) is 17.2 Å². The van der Waals surface area contributed by atoms with Gasteiger partial charge in [0.15, 0.2) is 0 Å². The molecule has 0 bridgehead atoms. The Labute approximate surface area is 189 Å². The number of methoxy groups -OCH3 is 3. The SMILES string of the molecule is COc1ccc(NC(=O)c2cnn3c2NC(C(=O)O)=C[C@H]3c2cc(OC)ccc2OC)cc1. The number of nitrogens with zero attached hydrogens (tertiary/aromatic N) is 2. The Morgan fingerprint density at radius 1 is 1.03 bits per heavy atom. The maximum Gasteiger partial charge on any atom is 0.352 e. The van der Waals surface area contributed by atoms with Gasteiger partial charge >= 0.3 is 5.97 Å². The number of nitrogens with one attached hydrogen (secondary N) is 2. The zero-order chi connectivity index (χ0) is 23.5. The van der Waals surface area contributed by atoms with Gasteiger partial charge < -0.3 is 30.0 Å². The number of aliphatic carboxylic acids is 1. The number of ether oxygens (including phenoxy) is 3. The van der Waals surface area contributed by atoms with Crippen LogP contribution < -0.4 is 24.8 Å². The fourth-order valence-corrected chi connectivity index (χ4v) is 3.55. The lowest BCUT2D eigenvalue weighted by Gasteiger charge is -2.26. The first kappa shape index (κ1) is 21.8. The number of benzene rings is 2. The van der Waals surface area contributed by atoms with Crippen molar-refractivity contribution >= 4 is 23.4 Å². The summed E-state index contributed by atoms with van der Waals surface area (Å²) < 4.78 is 17.5. The second kappa shape index (κ2) is 8.95. The van der Waals surface area contributed by atoms with Crippen LogP contribution in [0.25, 0.3) is 0 Å². The number of anilines is 2. The van der Waals surface area contributed by atoms with Gasteiger partial charge in [0, 0.05) is 11.3 Å². The molecule has 0 spiro atoms. The van der Waals surface area contributed by atoms with Crippen molar-refractivity contribution in [2.45, 2.75) is 6.04 Å². The van der Waals surface area contributed by atoms with Gasteiger partial charge in [-0.15, -0.1) is 0 Å². The number of rotatable bonds is 7. The van der Waals surface area contributed by atoms with E-state index in [0.29, 0.717) is 28.5 Å². The summed E-state index contributed by atoms with van der Waals surface area (Å²) in [5.74, 6) is 0.377. The van der Waals surface area contributed by atoms with E-state index in [4.69, 9.17) is 14.2 Å². The van der Waals surface area contributed by atoms with Gasteiger partial charge in [0.25, 0.3) is 5.91 Å². The van der Waals surface area contributed by atoms with Gasteiger partial charge in [0.2, 0.25) is 0 Å². The smallest absolute Gasteiger partial charge is 0.352 e. The summed E-state index contributed by atoms with van der Waals surface area (Å²) >= 11 is 0. The Morgan fingerprint density at radius 2 is 1.73 bits per heavy atom. The highest BCUT2D eigenvalue weighted by Crippen LogP contribution is 2.38. The molecule has 1 amide bonds. The number of carboxylic acid groups (broad SMARTS) is 1. The van der Waals surface area contributed by atoms with E-state index in [2.05, 4.69) is 15.7 Å². The van der Waals surface area contributed by atoms with Crippen molar-refractivity contribution in [2.24, 2.45) is 0 Å². The Hall–Kier alpha value is -4.47. The van der Waals surface area contributed by atoms with Crippen molar-refractivity contribution in [2.75, 3.05) is 32.0 Å². The topological polar surface area (TPSA) is 124 Å². The van der Waals surface area contributed by atoms with Gasteiger partial charge in [-0.3, -0.25) is 4.79 Å². The van der Waals surface area contributed by atoms with Gasteiger partial charge in [0.05, 0.1) is 27.5 Å². The van der Waals surface area contributed by atoms with Crippen molar-refractivity contribution in [3.05, 3.63) is 71.6 Å². The summed E-state index contributed by atoms with van der Waals surface area (Å²) in [6.45, 7) is 0. The molecule has 0 saturated carbocycles. The first-order valence-corrected chi connectivity index (χ1v) is 9.92. The summed E-state index contributed by atoms with van der Waals surface area (Å²) in [4.78, 5) is 24.8. The molecule has 4 rings (SSSR count). The van der Waals surface area contributed by atoms with Crippen molar-refractivity contribution in [3.63, 3.8) is 0 Å². The summed E-state index contributed by atoms with van der Waals surface area (Å²) in [7, 11) is 4.61. The second-order valence-corrected chi connectivity index (χ2v) is 7.10. The molecule has 0 unspecified atom stereocenters. The lowest BCUT2D eigenvalue weighted by atomic mass is 10.0. The van der Waals surface area contributed by atoms with Gasteiger partial charge in [-0.25, -0.2) is 9.48 Å². The first-order valence-electron chi connectivity index (χ1n) is 9.92. The van der Waals surface area contributed by atoms with E-state index in [-0.39, 0.29) is 17.1 Å². The van der Waals surface area contributed by atoms with Crippen LogP contribution in [0, 0.1) is 0 Å². The van der Waals surface area contributed by atoms with E-state index in [0.717, 1.165) is 0 Å². The Kier molecular flexibility index (Phi) is 5.90. The minimum absolute atomic E-state index is 0.0867. The average molecular weight is 450 g/mol. The number of hydrogen-bond donors (Lipinski definition) is 3. The minimum Gasteiger partial charge on any atom is -0.497 e. The highest BCUT2D eigenvalue weighted by atomic mass is 16.5. The predicted octanol–water partition coefficient (Wildman–Crippen LogP) is 3.14. The molecule has 3 aromatic rings. The van der Waals surface area contributed by atoms with Crippen molar-refractivity contribution in [1.29, 1.82) is 0 Å². The molecule has 10 nitrogen and oxygen atoms in total. The van der Waals surface area contributed by atoms with Crippen LogP contribution >= 0.6 is 0 Å². The third-order valence-corrected chi connectivity index (χ3v) is 5.21. The van der Waals surface area contributed by atoms with Crippen molar-refractivity contribution < 1.29 is 28.9 Å². The maximum atomic E-state index is 13.0. The molecule has 1 atom stereocenters. The molecule has 33 heavy (non-hydrogen) atoms. The Balaban J connectivity index is 1.74. The standard InChI is InChI=1S/C23H22N4O6/c1-31-14-6-4-13(5-7-14)25-22(28)17-12-24-27-19(11-18(23(29)30)26-21(17)27)16-10-15(32-2)8-9-20(16)33-3/h4-12,19,26H,1-3H3,(H,25,28)(H,29,30)/t19-/m0/s1. The third-order valence-electron chi connectivity index (χ3n) is 5.21. The molecule has 1 aliphatic rings. The summed E-state index contributed by atoms with van der Waals surface area (Å²) in [5, 5.41) is 19.6. The van der Waals surface area contributed by atoms with E-state index in [1.165, 1.54) is 31.2 Å². The monoisotopic (exact) mass is 450 g/mol. The molecule has 0 radical (unpaired) electrons. The van der Waals surface area contributed by atoms with Crippen LogP contribution in [0.4, 0.5) is 11.5 Å². The fraction of sp³-hybridized carbons (Fsp3) is 0.174. The summed E-state index contributed by atoms with van der Waals surface area (Å²) in [6, 6.07) is 11.4. The summed E-state index contributed by atoms with van der Waals surface area (Å²) in [5.41, 5.74) is 1.28. The van der Waals surface area contributed by atoms with Crippen LogP contribution in [0.3, 0.4) is 0 Å². The zero-order valence-corrected chi connectivity index (χ0v) is 18.2. The molecule has 10 heteroatoms. The Morgan fingerprint density at radius 3 is 2.36 bits per heavy atom. The average Bonchev–Trinajstić information content (AvgIpc) is 3.27. The highest BCUT2D eigenvalue weighted by Gasteiger charge is 2.31. The van der Waals surface area contributed by atoms with Gasteiger partial charge in [-0.2, -0.15) is 5.10 Å². The summed E-state index contributed by atoms with van der Waals surface area (Å²) in [6.07, 6.45) is 2.89. The molecular weight excluding hydrogens is 428 g/mol. The van der Waals surface area contributed by atoms with Gasteiger partial charge in [-0.05, 0) is 48.5 Å². The molecule has 0 fully saturated rings. The van der Waals surface area contributed by atoms with E-state index in [1.54, 1.807) is 49.6 Å². The molecule has 1 aliphatic heterocycles. The number of carbonyl (C=O) groups excluding carboxylic acids is 1. The third kappa shape index (κ3) is 4.18. The Bertz CT molecular complexity index is 1230. The fourth-order valence-electron chi connectivity index (χ4n) is 3.55. The van der Waals surface area contributed by atoms with Crippen LogP contribution in [0.1, 0.15) is 22.0 Å². The second-order valence-electron chi connectivity index (χ2n) is 7.10. The van der Waals surface area contributed by atoms with Crippen molar-refractivity contribution in [3.8, 4) is 17.2 Å². The highest BCUT2D eigenvalue weighted by molar-refractivity contribution is 6.08. The zero-order valence-electron chi connectivity index (χ0n) is 18.2. The number of carbonyl (C=O) groups is 2. The number of fused-ring (bicyclic) bond motifs is 1. The maximum absolute atomic E-state index is 13.0. The van der Waals surface area contributed by atoms with Gasteiger partial charge in [-0.1, -0.05) is 0 Å². The molecule has 170 valence electrons. The number of amides is 1. The normalized spacial score (nSPS) is 14.4.